The summed E-state index contributed by atoms with van der Waals surface area (Å²) in [5.41, 5.74) is 9.21. The molecule has 0 saturated heterocycles. The van der Waals surface area contributed by atoms with Gasteiger partial charge in [-0.2, -0.15) is 0 Å². The molecule has 190 valence electrons. The maximum Gasteiger partial charge on any atom is 0.147 e. The minimum Gasteiger partial charge on any atom is -0.292 e. The molecule has 0 saturated carbocycles. The Kier molecular flexibility index (Phi) is 4.64. The van der Waals surface area contributed by atoms with E-state index in [0.717, 1.165) is 16.7 Å². The van der Waals surface area contributed by atoms with Gasteiger partial charge >= 0.3 is 0 Å². The van der Waals surface area contributed by atoms with Crippen LogP contribution in [-0.2, 0) is 0 Å². The molecule has 0 spiro atoms. The fourth-order valence-electron chi connectivity index (χ4n) is 6.57. The molecule has 0 N–H and O–H groups in total. The van der Waals surface area contributed by atoms with Crippen LogP contribution in [0.25, 0.3) is 82.2 Å². The van der Waals surface area contributed by atoms with Gasteiger partial charge in [-0.1, -0.05) is 133 Å². The zero-order valence-electron chi connectivity index (χ0n) is 22.3. The Morgan fingerprint density at radius 3 is 1.78 bits per heavy atom. The van der Waals surface area contributed by atoms with Gasteiger partial charge in [0.25, 0.3) is 0 Å². The molecule has 0 amide bonds. The Balaban J connectivity index is 1.38. The molecule has 0 aliphatic heterocycles. The second-order valence-electron chi connectivity index (χ2n) is 10.8. The van der Waals surface area contributed by atoms with Crippen molar-refractivity contribution in [3.63, 3.8) is 0 Å². The SMILES string of the molecule is c1ccc(-c2ccc(-c3ccc4c5ccc6ccccc6c5c5nc6c7ccccc7ccc6n5c4c3)cc2)cc1. The van der Waals surface area contributed by atoms with Gasteiger partial charge in [0.15, 0.2) is 0 Å². The molecule has 41 heavy (non-hydrogen) atoms. The van der Waals surface area contributed by atoms with Gasteiger partial charge in [0.1, 0.15) is 5.65 Å². The first kappa shape index (κ1) is 22.4. The van der Waals surface area contributed by atoms with Crippen molar-refractivity contribution in [1.82, 2.24) is 9.38 Å². The first-order valence-corrected chi connectivity index (χ1v) is 14.1. The van der Waals surface area contributed by atoms with Gasteiger partial charge in [-0.05, 0) is 55.9 Å². The first-order chi connectivity index (χ1) is 20.3. The summed E-state index contributed by atoms with van der Waals surface area (Å²) in [4.78, 5) is 5.38. The molecule has 2 nitrogen and oxygen atoms in total. The number of benzene rings is 7. The second kappa shape index (κ2) is 8.51. The highest BCUT2D eigenvalue weighted by atomic mass is 15.0. The number of fused-ring (bicyclic) bond motifs is 12. The van der Waals surface area contributed by atoms with E-state index in [-0.39, 0.29) is 0 Å². The Bertz CT molecular complexity index is 2450. The van der Waals surface area contributed by atoms with Gasteiger partial charge in [-0.3, -0.25) is 4.40 Å². The first-order valence-electron chi connectivity index (χ1n) is 14.1. The summed E-state index contributed by atoms with van der Waals surface area (Å²) in [5.74, 6) is 0. The van der Waals surface area contributed by atoms with E-state index in [2.05, 4.69) is 150 Å². The number of rotatable bonds is 2. The van der Waals surface area contributed by atoms with E-state index >= 15 is 0 Å². The highest BCUT2D eigenvalue weighted by Crippen LogP contribution is 2.39. The number of nitrogens with zero attached hydrogens (tertiary/aromatic N) is 2. The average Bonchev–Trinajstić information content (AvgIpc) is 3.45. The lowest BCUT2D eigenvalue weighted by atomic mass is 9.96. The van der Waals surface area contributed by atoms with E-state index < -0.39 is 0 Å². The van der Waals surface area contributed by atoms with Crippen LogP contribution < -0.4 is 0 Å². The molecule has 2 heterocycles. The standard InChI is InChI=1S/C39H24N2/c1-2-8-25(9-3-1)26-14-16-27(17-15-26)30-19-21-33-34-22-18-28-10-4-6-12-31(28)37(34)39-40-38-32-13-7-5-11-29(32)20-23-35(38)41(39)36(33)24-30/h1-24H. The third-order valence-corrected chi connectivity index (χ3v) is 8.56. The smallest absolute Gasteiger partial charge is 0.147 e. The summed E-state index contributed by atoms with van der Waals surface area (Å²) in [5, 5.41) is 8.53. The summed E-state index contributed by atoms with van der Waals surface area (Å²) < 4.78 is 2.38. The van der Waals surface area contributed by atoms with Crippen molar-refractivity contribution in [3.05, 3.63) is 146 Å². The Hall–Kier alpha value is -5.47. The summed E-state index contributed by atoms with van der Waals surface area (Å²) in [7, 11) is 0. The highest BCUT2D eigenvalue weighted by Gasteiger charge is 2.17. The molecule has 0 bridgehead atoms. The van der Waals surface area contributed by atoms with Crippen molar-refractivity contribution >= 4 is 59.9 Å². The Morgan fingerprint density at radius 1 is 0.390 bits per heavy atom. The number of aromatic nitrogens is 2. The van der Waals surface area contributed by atoms with Gasteiger partial charge in [-0.15, -0.1) is 0 Å². The molecular weight excluding hydrogens is 496 g/mol. The van der Waals surface area contributed by atoms with E-state index in [4.69, 9.17) is 4.98 Å². The van der Waals surface area contributed by atoms with Crippen molar-refractivity contribution in [1.29, 1.82) is 0 Å². The molecule has 0 aliphatic rings. The van der Waals surface area contributed by atoms with Crippen molar-refractivity contribution in [2.75, 3.05) is 0 Å². The lowest BCUT2D eigenvalue weighted by Crippen LogP contribution is -1.93. The summed E-state index contributed by atoms with van der Waals surface area (Å²) in [6.45, 7) is 0. The molecule has 0 radical (unpaired) electrons. The number of imidazole rings is 1. The largest absolute Gasteiger partial charge is 0.292 e. The normalized spacial score (nSPS) is 11.9. The fraction of sp³-hybridized carbons (Fsp3) is 0. The van der Waals surface area contributed by atoms with Gasteiger partial charge < -0.3 is 0 Å². The molecular formula is C39H24N2. The third kappa shape index (κ3) is 3.28. The van der Waals surface area contributed by atoms with E-state index in [1.807, 2.05) is 0 Å². The van der Waals surface area contributed by atoms with Gasteiger partial charge in [0.2, 0.25) is 0 Å². The second-order valence-corrected chi connectivity index (χ2v) is 10.8. The number of hydrogen-bond acceptors (Lipinski definition) is 1. The van der Waals surface area contributed by atoms with Crippen LogP contribution in [0.4, 0.5) is 0 Å². The Morgan fingerprint density at radius 2 is 0.976 bits per heavy atom. The van der Waals surface area contributed by atoms with Crippen LogP contribution in [0.2, 0.25) is 0 Å². The molecule has 2 aromatic heterocycles. The summed E-state index contributed by atoms with van der Waals surface area (Å²) in [6.07, 6.45) is 0. The number of hydrogen-bond donors (Lipinski definition) is 0. The van der Waals surface area contributed by atoms with E-state index in [9.17, 15) is 0 Å². The van der Waals surface area contributed by atoms with Crippen LogP contribution in [-0.4, -0.2) is 9.38 Å². The van der Waals surface area contributed by atoms with Crippen molar-refractivity contribution in [2.45, 2.75) is 0 Å². The van der Waals surface area contributed by atoms with Crippen molar-refractivity contribution in [2.24, 2.45) is 0 Å². The molecule has 7 aromatic carbocycles. The van der Waals surface area contributed by atoms with E-state index in [1.54, 1.807) is 0 Å². The molecule has 9 rings (SSSR count). The topological polar surface area (TPSA) is 17.3 Å². The monoisotopic (exact) mass is 520 g/mol. The predicted molar refractivity (Wildman–Crippen MR) is 174 cm³/mol. The van der Waals surface area contributed by atoms with Crippen LogP contribution in [0.15, 0.2) is 146 Å². The summed E-state index contributed by atoms with van der Waals surface area (Å²) >= 11 is 0. The molecule has 0 atom stereocenters. The zero-order valence-corrected chi connectivity index (χ0v) is 22.3. The highest BCUT2D eigenvalue weighted by molar-refractivity contribution is 6.24. The van der Waals surface area contributed by atoms with Crippen LogP contribution >= 0.6 is 0 Å². The molecule has 0 aliphatic carbocycles. The number of pyridine rings is 1. The molecule has 2 heteroatoms. The Labute approximate surface area is 236 Å². The fourth-order valence-corrected chi connectivity index (χ4v) is 6.57. The summed E-state index contributed by atoms with van der Waals surface area (Å²) in [6, 6.07) is 52.5. The quantitative estimate of drug-likeness (QED) is 0.207. The van der Waals surface area contributed by atoms with Crippen LogP contribution in [0.5, 0.6) is 0 Å². The van der Waals surface area contributed by atoms with Gasteiger partial charge in [0, 0.05) is 16.2 Å². The minimum atomic E-state index is 1.01. The van der Waals surface area contributed by atoms with E-state index in [1.165, 1.54) is 65.5 Å². The molecule has 9 aromatic rings. The van der Waals surface area contributed by atoms with Gasteiger partial charge in [0.05, 0.1) is 16.6 Å². The lowest BCUT2D eigenvalue weighted by molar-refractivity contribution is 1.32. The van der Waals surface area contributed by atoms with Crippen molar-refractivity contribution in [3.8, 4) is 22.3 Å². The van der Waals surface area contributed by atoms with Gasteiger partial charge in [-0.25, -0.2) is 4.98 Å². The maximum atomic E-state index is 5.38. The van der Waals surface area contributed by atoms with Crippen LogP contribution in [0, 0.1) is 0 Å². The third-order valence-electron chi connectivity index (χ3n) is 8.56. The van der Waals surface area contributed by atoms with E-state index in [0.29, 0.717) is 0 Å². The van der Waals surface area contributed by atoms with Crippen LogP contribution in [0.1, 0.15) is 0 Å². The average molecular weight is 521 g/mol. The lowest BCUT2D eigenvalue weighted by Gasteiger charge is -2.13. The molecule has 0 fully saturated rings. The zero-order chi connectivity index (χ0) is 26.9. The van der Waals surface area contributed by atoms with Crippen LogP contribution in [0.3, 0.4) is 0 Å². The molecule has 0 unspecified atom stereocenters. The predicted octanol–water partition coefficient (Wildman–Crippen LogP) is 10.4. The van der Waals surface area contributed by atoms with Crippen molar-refractivity contribution < 1.29 is 0 Å². The maximum absolute atomic E-state index is 5.38. The minimum absolute atomic E-state index is 1.01.